The highest BCUT2D eigenvalue weighted by Gasteiger charge is 2.09. The molecule has 1 aliphatic rings. The molecular formula is C20H26FN3. The standard InChI is InChI=1S/C20H26FN3/c1-6-16(15(5)14(4)13(2)3)11-23-20-10-8-18(24-20)17-7-9-19(21)22-12-17/h6-11,13,22,24H,12H2,1-5H3/b15-14+,16-6+,23-11-. The second kappa shape index (κ2) is 7.95. The number of dihydropyridines is 1. The molecule has 0 atom stereocenters. The lowest BCUT2D eigenvalue weighted by Crippen LogP contribution is -2.16. The van der Waals surface area contributed by atoms with Crippen LogP contribution in [0.5, 0.6) is 0 Å². The number of H-pyrrole nitrogens is 1. The summed E-state index contributed by atoms with van der Waals surface area (Å²) in [5.74, 6) is 1.00. The maximum Gasteiger partial charge on any atom is 0.187 e. The van der Waals surface area contributed by atoms with Crippen molar-refractivity contribution in [3.63, 3.8) is 0 Å². The Morgan fingerprint density at radius 3 is 2.58 bits per heavy atom. The molecule has 0 fully saturated rings. The third-order valence-electron chi connectivity index (χ3n) is 4.44. The van der Waals surface area contributed by atoms with Crippen molar-refractivity contribution < 1.29 is 4.39 Å². The summed E-state index contributed by atoms with van der Waals surface area (Å²) in [5.41, 5.74) is 5.72. The van der Waals surface area contributed by atoms with Crippen LogP contribution in [0.4, 0.5) is 10.2 Å². The van der Waals surface area contributed by atoms with Crippen molar-refractivity contribution in [2.45, 2.75) is 34.6 Å². The number of aliphatic imine (C=N–C) groups is 1. The quantitative estimate of drug-likeness (QED) is 0.421. The maximum atomic E-state index is 13.0. The van der Waals surface area contributed by atoms with E-state index in [1.807, 2.05) is 25.3 Å². The van der Waals surface area contributed by atoms with Gasteiger partial charge in [-0.05, 0) is 61.6 Å². The van der Waals surface area contributed by atoms with Gasteiger partial charge in [0.15, 0.2) is 5.95 Å². The van der Waals surface area contributed by atoms with Gasteiger partial charge in [0, 0.05) is 18.5 Å². The van der Waals surface area contributed by atoms with Gasteiger partial charge in [-0.1, -0.05) is 31.6 Å². The van der Waals surface area contributed by atoms with Crippen molar-refractivity contribution in [2.75, 3.05) is 6.54 Å². The van der Waals surface area contributed by atoms with Crippen molar-refractivity contribution in [1.29, 1.82) is 0 Å². The van der Waals surface area contributed by atoms with Crippen LogP contribution < -0.4 is 5.32 Å². The molecule has 24 heavy (non-hydrogen) atoms. The highest BCUT2D eigenvalue weighted by Crippen LogP contribution is 2.22. The molecule has 2 N–H and O–H groups in total. The number of hydrogen-bond acceptors (Lipinski definition) is 2. The van der Waals surface area contributed by atoms with Crippen LogP contribution in [-0.4, -0.2) is 17.7 Å². The SMILES string of the molecule is C/C=C(\C=N/c1ccc(C2=CC=C(F)NC2)[nH]1)C(/C)=C(\C)C(C)C. The second-order valence-corrected chi connectivity index (χ2v) is 6.28. The molecule has 0 radical (unpaired) electrons. The Kier molecular flexibility index (Phi) is 5.96. The van der Waals surface area contributed by atoms with Gasteiger partial charge >= 0.3 is 0 Å². The smallest absolute Gasteiger partial charge is 0.187 e. The van der Waals surface area contributed by atoms with E-state index >= 15 is 0 Å². The summed E-state index contributed by atoms with van der Waals surface area (Å²) in [6.45, 7) is 11.2. The first-order valence-corrected chi connectivity index (χ1v) is 8.30. The second-order valence-electron chi connectivity index (χ2n) is 6.28. The van der Waals surface area contributed by atoms with E-state index in [1.54, 1.807) is 6.08 Å². The summed E-state index contributed by atoms with van der Waals surface area (Å²) in [5, 5.41) is 2.69. The van der Waals surface area contributed by atoms with Gasteiger partial charge in [0.2, 0.25) is 0 Å². The van der Waals surface area contributed by atoms with Gasteiger partial charge in [-0.2, -0.15) is 4.39 Å². The Hall–Kier alpha value is -2.36. The Morgan fingerprint density at radius 2 is 2.00 bits per heavy atom. The van der Waals surface area contributed by atoms with E-state index in [0.29, 0.717) is 12.5 Å². The summed E-state index contributed by atoms with van der Waals surface area (Å²) in [7, 11) is 0. The molecule has 2 rings (SSSR count). The first-order chi connectivity index (χ1) is 11.4. The first kappa shape index (κ1) is 18.0. The minimum atomic E-state index is -0.302. The molecule has 4 heteroatoms. The molecule has 1 aromatic rings. The summed E-state index contributed by atoms with van der Waals surface area (Å²) in [6.07, 6.45) is 7.18. The molecule has 0 aliphatic carbocycles. The monoisotopic (exact) mass is 327 g/mol. The van der Waals surface area contributed by atoms with Crippen molar-refractivity contribution in [1.82, 2.24) is 10.3 Å². The lowest BCUT2D eigenvalue weighted by atomic mass is 9.95. The average Bonchev–Trinajstić information content (AvgIpc) is 3.04. The van der Waals surface area contributed by atoms with Crippen LogP contribution in [0.2, 0.25) is 0 Å². The van der Waals surface area contributed by atoms with Crippen molar-refractivity contribution in [2.24, 2.45) is 10.9 Å². The summed E-state index contributed by atoms with van der Waals surface area (Å²) < 4.78 is 13.0. The fourth-order valence-electron chi connectivity index (χ4n) is 2.49. The van der Waals surface area contributed by atoms with Crippen LogP contribution >= 0.6 is 0 Å². The molecule has 3 nitrogen and oxygen atoms in total. The zero-order valence-electron chi connectivity index (χ0n) is 15.1. The van der Waals surface area contributed by atoms with E-state index in [-0.39, 0.29) is 5.95 Å². The lowest BCUT2D eigenvalue weighted by molar-refractivity contribution is 0.559. The Morgan fingerprint density at radius 1 is 1.25 bits per heavy atom. The molecule has 128 valence electrons. The largest absolute Gasteiger partial charge is 0.358 e. The third kappa shape index (κ3) is 4.34. The number of rotatable bonds is 5. The maximum absolute atomic E-state index is 13.0. The van der Waals surface area contributed by atoms with Gasteiger partial charge < -0.3 is 10.3 Å². The topological polar surface area (TPSA) is 40.2 Å². The van der Waals surface area contributed by atoms with E-state index in [4.69, 9.17) is 0 Å². The molecule has 1 aliphatic heterocycles. The van der Waals surface area contributed by atoms with Crippen LogP contribution in [0.1, 0.15) is 40.3 Å². The molecule has 2 heterocycles. The predicted molar refractivity (Wildman–Crippen MR) is 101 cm³/mol. The van der Waals surface area contributed by atoms with Gasteiger partial charge in [-0.25, -0.2) is 4.99 Å². The summed E-state index contributed by atoms with van der Waals surface area (Å²) in [4.78, 5) is 7.82. The summed E-state index contributed by atoms with van der Waals surface area (Å²) in [6, 6.07) is 3.90. The molecule has 0 unspecified atom stereocenters. The van der Waals surface area contributed by atoms with Gasteiger partial charge in [-0.15, -0.1) is 0 Å². The molecule has 0 aromatic carbocycles. The molecule has 0 spiro atoms. The number of nitrogens with zero attached hydrogens (tertiary/aromatic N) is 1. The molecule has 0 saturated carbocycles. The number of nitrogens with one attached hydrogen (secondary N) is 2. The van der Waals surface area contributed by atoms with Crippen LogP contribution in [0.3, 0.4) is 0 Å². The summed E-state index contributed by atoms with van der Waals surface area (Å²) >= 11 is 0. The van der Waals surface area contributed by atoms with E-state index in [2.05, 4.69) is 49.1 Å². The Balaban J connectivity index is 2.17. The number of allylic oxidation sites excluding steroid dienone is 6. The highest BCUT2D eigenvalue weighted by molar-refractivity contribution is 5.86. The lowest BCUT2D eigenvalue weighted by Gasteiger charge is -2.11. The minimum Gasteiger partial charge on any atom is -0.358 e. The number of aromatic amines is 1. The Bertz CT molecular complexity index is 743. The van der Waals surface area contributed by atoms with Crippen LogP contribution in [0.15, 0.2) is 58.0 Å². The van der Waals surface area contributed by atoms with Crippen molar-refractivity contribution >= 4 is 17.6 Å². The van der Waals surface area contributed by atoms with Crippen LogP contribution in [0, 0.1) is 5.92 Å². The highest BCUT2D eigenvalue weighted by atomic mass is 19.1. The van der Waals surface area contributed by atoms with Gasteiger partial charge in [-0.3, -0.25) is 0 Å². The number of halogens is 1. The van der Waals surface area contributed by atoms with E-state index < -0.39 is 0 Å². The van der Waals surface area contributed by atoms with E-state index in [1.165, 1.54) is 17.2 Å². The zero-order chi connectivity index (χ0) is 17.7. The first-order valence-electron chi connectivity index (χ1n) is 8.30. The molecule has 0 amide bonds. The van der Waals surface area contributed by atoms with E-state index in [9.17, 15) is 4.39 Å². The average molecular weight is 327 g/mol. The van der Waals surface area contributed by atoms with E-state index in [0.717, 1.165) is 22.7 Å². The number of aromatic nitrogens is 1. The third-order valence-corrected chi connectivity index (χ3v) is 4.44. The predicted octanol–water partition coefficient (Wildman–Crippen LogP) is 5.45. The molecular weight excluding hydrogens is 301 g/mol. The zero-order valence-corrected chi connectivity index (χ0v) is 15.1. The van der Waals surface area contributed by atoms with Gasteiger partial charge in [0.25, 0.3) is 0 Å². The molecule has 0 saturated heterocycles. The van der Waals surface area contributed by atoms with Crippen LogP contribution in [-0.2, 0) is 0 Å². The van der Waals surface area contributed by atoms with Crippen LogP contribution in [0.25, 0.3) is 5.57 Å². The normalized spacial score (nSPS) is 16.9. The number of hydrogen-bond donors (Lipinski definition) is 2. The van der Waals surface area contributed by atoms with Gasteiger partial charge in [0.05, 0.1) is 0 Å². The fourth-order valence-corrected chi connectivity index (χ4v) is 2.49. The fraction of sp³-hybridized carbons (Fsp3) is 0.350. The minimum absolute atomic E-state index is 0.302. The van der Waals surface area contributed by atoms with Crippen molar-refractivity contribution in [3.05, 3.63) is 58.7 Å². The molecule has 0 bridgehead atoms. The van der Waals surface area contributed by atoms with Gasteiger partial charge in [0.1, 0.15) is 5.82 Å². The Labute approximate surface area is 143 Å². The van der Waals surface area contributed by atoms with Crippen molar-refractivity contribution in [3.8, 4) is 0 Å². The molecule has 1 aromatic heterocycles.